The fraction of sp³-hybridized carbons (Fsp3) is 0.429. The quantitative estimate of drug-likeness (QED) is 0.821. The monoisotopic (exact) mass is 247 g/mol. The van der Waals surface area contributed by atoms with E-state index in [2.05, 4.69) is 11.9 Å². The molecule has 0 amide bonds. The lowest BCUT2D eigenvalue weighted by molar-refractivity contribution is -0.126. The summed E-state index contributed by atoms with van der Waals surface area (Å²) in [5, 5.41) is 0.928. The highest BCUT2D eigenvalue weighted by atomic mass is 32.1. The summed E-state index contributed by atoms with van der Waals surface area (Å²) in [6, 6.07) is 8.02. The molecule has 0 saturated carbocycles. The van der Waals surface area contributed by atoms with Gasteiger partial charge in [0.25, 0.3) is 0 Å². The topological polar surface area (TPSA) is 30.0 Å². The van der Waals surface area contributed by atoms with E-state index in [0.29, 0.717) is 6.42 Å². The molecule has 17 heavy (non-hydrogen) atoms. The first-order valence-corrected chi connectivity index (χ1v) is 6.72. The van der Waals surface area contributed by atoms with Gasteiger partial charge in [-0.05, 0) is 18.6 Å². The minimum Gasteiger partial charge on any atom is -0.299 e. The van der Waals surface area contributed by atoms with Gasteiger partial charge in [-0.2, -0.15) is 0 Å². The molecule has 2 rings (SSSR count). The fourth-order valence-corrected chi connectivity index (χ4v) is 2.54. The van der Waals surface area contributed by atoms with E-state index in [1.165, 1.54) is 0 Å². The molecular formula is C14H17NOS. The van der Waals surface area contributed by atoms with Gasteiger partial charge >= 0.3 is 0 Å². The van der Waals surface area contributed by atoms with E-state index < -0.39 is 0 Å². The number of para-hydroxylation sites is 1. The van der Waals surface area contributed by atoms with Crippen LogP contribution in [0.5, 0.6) is 0 Å². The van der Waals surface area contributed by atoms with Crippen LogP contribution < -0.4 is 0 Å². The van der Waals surface area contributed by atoms with Crippen molar-refractivity contribution in [3.8, 4) is 0 Å². The first-order valence-electron chi connectivity index (χ1n) is 5.90. The predicted octanol–water partition coefficient (Wildman–Crippen LogP) is 3.84. The zero-order valence-corrected chi connectivity index (χ0v) is 11.3. The van der Waals surface area contributed by atoms with Crippen molar-refractivity contribution >= 4 is 27.3 Å². The standard InChI is InChI=1S/C14H17NOS/c1-4-14(2,3)12(16)9-13-15-10-7-5-6-8-11(10)17-13/h5-8H,4,9H2,1-3H3. The van der Waals surface area contributed by atoms with Crippen molar-refractivity contribution < 1.29 is 4.79 Å². The van der Waals surface area contributed by atoms with Gasteiger partial charge in [0.1, 0.15) is 10.8 Å². The molecule has 0 bridgehead atoms. The second-order valence-corrected chi connectivity index (χ2v) is 6.03. The Bertz CT molecular complexity index is 509. The minimum absolute atomic E-state index is 0.238. The minimum atomic E-state index is -0.238. The third kappa shape index (κ3) is 2.55. The van der Waals surface area contributed by atoms with Gasteiger partial charge in [0, 0.05) is 5.41 Å². The lowest BCUT2D eigenvalue weighted by Crippen LogP contribution is -2.24. The lowest BCUT2D eigenvalue weighted by Gasteiger charge is -2.19. The maximum absolute atomic E-state index is 12.1. The molecule has 3 heteroatoms. The summed E-state index contributed by atoms with van der Waals surface area (Å²) in [6.45, 7) is 6.06. The first kappa shape index (κ1) is 12.2. The van der Waals surface area contributed by atoms with Gasteiger partial charge in [-0.15, -0.1) is 11.3 Å². The Morgan fingerprint density at radius 1 is 1.35 bits per heavy atom. The zero-order valence-electron chi connectivity index (χ0n) is 10.5. The van der Waals surface area contributed by atoms with Crippen molar-refractivity contribution in [3.63, 3.8) is 0 Å². The number of fused-ring (bicyclic) bond motifs is 1. The Labute approximate surface area is 106 Å². The Balaban J connectivity index is 2.22. The van der Waals surface area contributed by atoms with Crippen LogP contribution in [0.1, 0.15) is 32.2 Å². The van der Waals surface area contributed by atoms with Crippen LogP contribution in [0.3, 0.4) is 0 Å². The molecule has 90 valence electrons. The highest BCUT2D eigenvalue weighted by molar-refractivity contribution is 7.18. The van der Waals surface area contributed by atoms with Gasteiger partial charge < -0.3 is 0 Å². The number of carbonyl (C=O) groups is 1. The molecule has 0 aliphatic heterocycles. The Kier molecular flexibility index (Phi) is 3.29. The van der Waals surface area contributed by atoms with Crippen LogP contribution >= 0.6 is 11.3 Å². The molecule has 2 nitrogen and oxygen atoms in total. The van der Waals surface area contributed by atoms with Crippen LogP contribution in [0.2, 0.25) is 0 Å². The number of aromatic nitrogens is 1. The molecule has 0 N–H and O–H groups in total. The Hall–Kier alpha value is -1.22. The summed E-state index contributed by atoms with van der Waals surface area (Å²) < 4.78 is 1.16. The molecule has 0 saturated heterocycles. The summed E-state index contributed by atoms with van der Waals surface area (Å²) in [5.74, 6) is 0.277. The largest absolute Gasteiger partial charge is 0.299 e. The molecule has 0 aliphatic carbocycles. The number of rotatable bonds is 4. The average Bonchev–Trinajstić information content (AvgIpc) is 2.70. The van der Waals surface area contributed by atoms with E-state index in [-0.39, 0.29) is 11.2 Å². The summed E-state index contributed by atoms with van der Waals surface area (Å²) in [4.78, 5) is 16.6. The van der Waals surface area contributed by atoms with E-state index in [4.69, 9.17) is 0 Å². The van der Waals surface area contributed by atoms with Gasteiger partial charge in [-0.3, -0.25) is 4.79 Å². The van der Waals surface area contributed by atoms with Crippen LogP contribution in [0.4, 0.5) is 0 Å². The summed E-state index contributed by atoms with van der Waals surface area (Å²) in [6.07, 6.45) is 1.33. The van der Waals surface area contributed by atoms with E-state index in [0.717, 1.165) is 21.6 Å². The number of carbonyl (C=O) groups excluding carboxylic acids is 1. The molecule has 0 fully saturated rings. The molecule has 1 aromatic carbocycles. The molecule has 1 heterocycles. The van der Waals surface area contributed by atoms with Gasteiger partial charge in [0.05, 0.1) is 16.6 Å². The van der Waals surface area contributed by atoms with E-state index in [1.807, 2.05) is 38.1 Å². The second-order valence-electron chi connectivity index (χ2n) is 4.91. The summed E-state index contributed by atoms with van der Waals surface area (Å²) in [5.41, 5.74) is 0.757. The number of hydrogen-bond donors (Lipinski definition) is 0. The lowest BCUT2D eigenvalue weighted by atomic mass is 9.84. The number of hydrogen-bond acceptors (Lipinski definition) is 3. The highest BCUT2D eigenvalue weighted by Gasteiger charge is 2.25. The van der Waals surface area contributed by atoms with Gasteiger partial charge in [-0.25, -0.2) is 4.98 Å². The number of Topliss-reactive ketones (excluding diaryl/α,β-unsaturated/α-hetero) is 1. The van der Waals surface area contributed by atoms with Gasteiger partial charge in [-0.1, -0.05) is 32.9 Å². The molecule has 1 aromatic heterocycles. The molecule has 0 atom stereocenters. The average molecular weight is 247 g/mol. The number of nitrogens with zero attached hydrogens (tertiary/aromatic N) is 1. The van der Waals surface area contributed by atoms with Crippen molar-refractivity contribution in [3.05, 3.63) is 29.3 Å². The maximum atomic E-state index is 12.1. The maximum Gasteiger partial charge on any atom is 0.145 e. The number of thiazole rings is 1. The smallest absolute Gasteiger partial charge is 0.145 e. The van der Waals surface area contributed by atoms with E-state index >= 15 is 0 Å². The third-order valence-corrected chi connectivity index (χ3v) is 4.33. The van der Waals surface area contributed by atoms with Gasteiger partial charge in [0.15, 0.2) is 0 Å². The Morgan fingerprint density at radius 3 is 2.71 bits per heavy atom. The van der Waals surface area contributed by atoms with Gasteiger partial charge in [0.2, 0.25) is 0 Å². The third-order valence-electron chi connectivity index (χ3n) is 3.29. The summed E-state index contributed by atoms with van der Waals surface area (Å²) >= 11 is 1.62. The van der Waals surface area contributed by atoms with E-state index in [9.17, 15) is 4.79 Å². The summed E-state index contributed by atoms with van der Waals surface area (Å²) in [7, 11) is 0. The molecule has 0 spiro atoms. The van der Waals surface area contributed by atoms with Crippen LogP contribution in [-0.2, 0) is 11.2 Å². The molecule has 0 unspecified atom stereocenters. The Morgan fingerprint density at radius 2 is 2.06 bits per heavy atom. The number of ketones is 1. The van der Waals surface area contributed by atoms with Crippen LogP contribution in [0, 0.1) is 5.41 Å². The van der Waals surface area contributed by atoms with Crippen molar-refractivity contribution in [1.29, 1.82) is 0 Å². The molecule has 0 aliphatic rings. The second kappa shape index (κ2) is 4.57. The van der Waals surface area contributed by atoms with Crippen molar-refractivity contribution in [1.82, 2.24) is 4.98 Å². The molecule has 2 aromatic rings. The van der Waals surface area contributed by atoms with Crippen LogP contribution in [0.25, 0.3) is 10.2 Å². The zero-order chi connectivity index (χ0) is 12.5. The molecule has 0 radical (unpaired) electrons. The first-order chi connectivity index (χ1) is 8.03. The van der Waals surface area contributed by atoms with Crippen LogP contribution in [0.15, 0.2) is 24.3 Å². The van der Waals surface area contributed by atoms with Crippen molar-refractivity contribution in [2.45, 2.75) is 33.6 Å². The fourth-order valence-electron chi connectivity index (χ4n) is 1.57. The number of benzene rings is 1. The SMILES string of the molecule is CCC(C)(C)C(=O)Cc1nc2ccccc2s1. The normalized spacial score (nSPS) is 11.9. The van der Waals surface area contributed by atoms with Crippen molar-refractivity contribution in [2.75, 3.05) is 0 Å². The molecular weight excluding hydrogens is 230 g/mol. The predicted molar refractivity (Wildman–Crippen MR) is 72.4 cm³/mol. The van der Waals surface area contributed by atoms with E-state index in [1.54, 1.807) is 11.3 Å². The van der Waals surface area contributed by atoms with Crippen LogP contribution in [-0.4, -0.2) is 10.8 Å². The van der Waals surface area contributed by atoms with Crippen molar-refractivity contribution in [2.24, 2.45) is 5.41 Å². The highest BCUT2D eigenvalue weighted by Crippen LogP contribution is 2.26.